The Morgan fingerprint density at radius 1 is 0.909 bits per heavy atom. The Hall–Kier alpha value is -4.01. The van der Waals surface area contributed by atoms with E-state index in [0.717, 1.165) is 17.0 Å². The minimum absolute atomic E-state index is 0.208. The maximum Gasteiger partial charge on any atom is 0.442 e. The van der Waals surface area contributed by atoms with Gasteiger partial charge in [-0.3, -0.25) is 14.5 Å². The smallest absolute Gasteiger partial charge is 0.312 e. The molecule has 0 bridgehead atoms. The van der Waals surface area contributed by atoms with E-state index in [-0.39, 0.29) is 17.9 Å². The van der Waals surface area contributed by atoms with Crippen LogP contribution in [0.2, 0.25) is 0 Å². The molecule has 0 saturated heterocycles. The number of rotatable bonds is 5. The summed E-state index contributed by atoms with van der Waals surface area (Å²) in [6, 6.07) is 20.8. The van der Waals surface area contributed by atoms with Crippen LogP contribution in [0, 0.1) is 5.82 Å². The van der Waals surface area contributed by atoms with Gasteiger partial charge in [0.15, 0.2) is 0 Å². The first-order chi connectivity index (χ1) is 15.7. The lowest BCUT2D eigenvalue weighted by atomic mass is 10.1. The first kappa shape index (κ1) is 22.2. The fraction of sp³-hybridized carbons (Fsp3) is 0.125. The van der Waals surface area contributed by atoms with Gasteiger partial charge < -0.3 is 5.32 Å². The summed E-state index contributed by atoms with van der Waals surface area (Å²) < 4.78 is 57.2. The van der Waals surface area contributed by atoms with Crippen molar-refractivity contribution in [1.82, 2.24) is 10.2 Å². The molecule has 3 aromatic rings. The standard InChI is InChI=1S/C24H17F4N3O2/c25-19-14-8-7-13-18(19)21(32)30-23(24(26,27)28)22(33)31(15-16-9-3-1-4-10-16)20(29-23)17-11-5-2-6-12-17/h1-14H,15H2,(H,30,32)/t23-/m1/s1. The zero-order valence-electron chi connectivity index (χ0n) is 17.0. The topological polar surface area (TPSA) is 61.8 Å². The molecule has 1 N–H and O–H groups in total. The molecule has 0 saturated carbocycles. The molecule has 0 unspecified atom stereocenters. The third-order valence-electron chi connectivity index (χ3n) is 5.12. The first-order valence-electron chi connectivity index (χ1n) is 9.88. The average molecular weight is 455 g/mol. The number of nitrogens with zero attached hydrogens (tertiary/aromatic N) is 2. The Labute approximate surface area is 186 Å². The van der Waals surface area contributed by atoms with E-state index in [1.165, 1.54) is 24.3 Å². The van der Waals surface area contributed by atoms with Crippen molar-refractivity contribution in [1.29, 1.82) is 0 Å². The summed E-state index contributed by atoms with van der Waals surface area (Å²) in [5, 5.41) is 1.67. The summed E-state index contributed by atoms with van der Waals surface area (Å²) in [5.74, 6) is -4.17. The van der Waals surface area contributed by atoms with Crippen molar-refractivity contribution in [3.63, 3.8) is 0 Å². The number of aliphatic imine (C=N–C) groups is 1. The molecule has 0 aliphatic carbocycles. The molecule has 1 atom stereocenters. The summed E-state index contributed by atoms with van der Waals surface area (Å²) in [7, 11) is 0. The van der Waals surface area contributed by atoms with Crippen LogP contribution in [0.4, 0.5) is 17.6 Å². The van der Waals surface area contributed by atoms with Crippen LogP contribution in [0.3, 0.4) is 0 Å². The van der Waals surface area contributed by atoms with Gasteiger partial charge in [0.25, 0.3) is 11.8 Å². The van der Waals surface area contributed by atoms with Crippen molar-refractivity contribution >= 4 is 17.6 Å². The Balaban J connectivity index is 1.82. The minimum atomic E-state index is -5.30. The molecule has 168 valence electrons. The van der Waals surface area contributed by atoms with Crippen molar-refractivity contribution < 1.29 is 27.2 Å². The normalized spacial score (nSPS) is 18.2. The molecular weight excluding hydrogens is 438 g/mol. The second-order valence-corrected chi connectivity index (χ2v) is 7.32. The fourth-order valence-electron chi connectivity index (χ4n) is 3.49. The monoisotopic (exact) mass is 455 g/mol. The van der Waals surface area contributed by atoms with Crippen LogP contribution in [0.15, 0.2) is 89.9 Å². The van der Waals surface area contributed by atoms with Crippen LogP contribution in [0.5, 0.6) is 0 Å². The molecule has 1 heterocycles. The fourth-order valence-corrected chi connectivity index (χ4v) is 3.49. The highest BCUT2D eigenvalue weighted by Gasteiger charge is 2.67. The molecule has 0 radical (unpaired) electrons. The lowest BCUT2D eigenvalue weighted by Gasteiger charge is -2.29. The Morgan fingerprint density at radius 2 is 1.48 bits per heavy atom. The molecule has 9 heteroatoms. The Morgan fingerprint density at radius 3 is 2.09 bits per heavy atom. The van der Waals surface area contributed by atoms with Gasteiger partial charge in [0.2, 0.25) is 0 Å². The summed E-state index contributed by atoms with van der Waals surface area (Å²) in [4.78, 5) is 30.5. The van der Waals surface area contributed by atoms with E-state index >= 15 is 0 Å². The predicted molar refractivity (Wildman–Crippen MR) is 113 cm³/mol. The van der Waals surface area contributed by atoms with Crippen molar-refractivity contribution in [2.75, 3.05) is 0 Å². The number of hydrogen-bond acceptors (Lipinski definition) is 3. The number of carbonyl (C=O) groups excluding carboxylic acids is 2. The summed E-state index contributed by atoms with van der Waals surface area (Å²) in [6.07, 6.45) is -5.30. The number of alkyl halides is 3. The Kier molecular flexibility index (Phi) is 5.71. The highest BCUT2D eigenvalue weighted by atomic mass is 19.4. The number of amides is 2. The highest BCUT2D eigenvalue weighted by molar-refractivity contribution is 6.16. The van der Waals surface area contributed by atoms with E-state index in [4.69, 9.17) is 0 Å². The van der Waals surface area contributed by atoms with E-state index in [0.29, 0.717) is 5.56 Å². The van der Waals surface area contributed by atoms with Crippen LogP contribution in [-0.2, 0) is 11.3 Å². The maximum atomic E-state index is 14.4. The van der Waals surface area contributed by atoms with Gasteiger partial charge in [0.1, 0.15) is 11.7 Å². The van der Waals surface area contributed by atoms with E-state index in [9.17, 15) is 27.2 Å². The summed E-state index contributed by atoms with van der Waals surface area (Å²) >= 11 is 0. The van der Waals surface area contributed by atoms with Crippen molar-refractivity contribution in [3.05, 3.63) is 107 Å². The van der Waals surface area contributed by atoms with E-state index < -0.39 is 35.0 Å². The SMILES string of the molecule is O=C(N[C@]1(C(F)(F)F)N=C(c2ccccc2)N(Cc2ccccc2)C1=O)c1ccccc1F. The predicted octanol–water partition coefficient (Wildman–Crippen LogP) is 4.30. The molecule has 4 rings (SSSR count). The number of nitrogens with one attached hydrogen (secondary N) is 1. The summed E-state index contributed by atoms with van der Waals surface area (Å²) in [5.41, 5.74) is -3.42. The first-order valence-corrected chi connectivity index (χ1v) is 9.88. The van der Waals surface area contributed by atoms with Crippen LogP contribution < -0.4 is 5.32 Å². The molecule has 33 heavy (non-hydrogen) atoms. The van der Waals surface area contributed by atoms with Crippen molar-refractivity contribution in [2.45, 2.75) is 18.4 Å². The van der Waals surface area contributed by atoms with Crippen LogP contribution in [0.1, 0.15) is 21.5 Å². The van der Waals surface area contributed by atoms with Gasteiger partial charge >= 0.3 is 11.8 Å². The number of benzene rings is 3. The molecule has 3 aromatic carbocycles. The minimum Gasteiger partial charge on any atom is -0.312 e. The van der Waals surface area contributed by atoms with Crippen LogP contribution >= 0.6 is 0 Å². The second-order valence-electron chi connectivity index (χ2n) is 7.32. The van der Waals surface area contributed by atoms with E-state index in [1.807, 2.05) is 0 Å². The third kappa shape index (κ3) is 4.09. The van der Waals surface area contributed by atoms with Crippen LogP contribution in [0.25, 0.3) is 0 Å². The van der Waals surface area contributed by atoms with Gasteiger partial charge in [0.05, 0.1) is 12.1 Å². The molecule has 1 aliphatic heterocycles. The molecule has 2 amide bonds. The average Bonchev–Trinajstić information content (AvgIpc) is 3.08. The van der Waals surface area contributed by atoms with E-state index in [1.54, 1.807) is 53.8 Å². The number of hydrogen-bond donors (Lipinski definition) is 1. The lowest BCUT2D eigenvalue weighted by molar-refractivity contribution is -0.196. The maximum absolute atomic E-state index is 14.4. The molecule has 0 aromatic heterocycles. The molecule has 0 fully saturated rings. The lowest BCUT2D eigenvalue weighted by Crippen LogP contribution is -2.63. The van der Waals surface area contributed by atoms with Crippen LogP contribution in [-0.4, -0.2) is 34.4 Å². The summed E-state index contributed by atoms with van der Waals surface area (Å²) in [6.45, 7) is -0.208. The van der Waals surface area contributed by atoms with Gasteiger partial charge in [0, 0.05) is 5.56 Å². The number of halogens is 4. The van der Waals surface area contributed by atoms with Crippen molar-refractivity contribution in [3.8, 4) is 0 Å². The quantitative estimate of drug-likeness (QED) is 0.583. The highest BCUT2D eigenvalue weighted by Crippen LogP contribution is 2.39. The molecule has 5 nitrogen and oxygen atoms in total. The van der Waals surface area contributed by atoms with Gasteiger partial charge in [-0.1, -0.05) is 72.8 Å². The zero-order chi connectivity index (χ0) is 23.6. The van der Waals surface area contributed by atoms with Gasteiger partial charge in [-0.25, -0.2) is 9.38 Å². The Bertz CT molecular complexity index is 1210. The van der Waals surface area contributed by atoms with Gasteiger partial charge in [-0.2, -0.15) is 13.2 Å². The second kappa shape index (κ2) is 8.50. The van der Waals surface area contributed by atoms with Crippen molar-refractivity contribution in [2.24, 2.45) is 4.99 Å². The molecular formula is C24H17F4N3O2. The number of carbonyl (C=O) groups is 2. The number of amidine groups is 1. The van der Waals surface area contributed by atoms with Gasteiger partial charge in [-0.05, 0) is 17.7 Å². The molecule has 0 spiro atoms. The zero-order valence-corrected chi connectivity index (χ0v) is 17.0. The third-order valence-corrected chi connectivity index (χ3v) is 5.12. The largest absolute Gasteiger partial charge is 0.442 e. The van der Waals surface area contributed by atoms with E-state index in [2.05, 4.69) is 4.99 Å². The van der Waals surface area contributed by atoms with Gasteiger partial charge in [-0.15, -0.1) is 0 Å². The molecule has 1 aliphatic rings.